The first kappa shape index (κ1) is 22.3. The maximum Gasteiger partial charge on any atom is 0.337 e. The molecule has 0 unspecified atom stereocenters. The third-order valence-corrected chi connectivity index (χ3v) is 6.01. The zero-order chi connectivity index (χ0) is 23.4. The van der Waals surface area contributed by atoms with Gasteiger partial charge in [0.1, 0.15) is 0 Å². The van der Waals surface area contributed by atoms with E-state index < -0.39 is 11.9 Å². The molecule has 0 atom stereocenters. The number of hydrogen-bond donors (Lipinski definition) is 3. The van der Waals surface area contributed by atoms with Crippen LogP contribution in [0.1, 0.15) is 58.9 Å². The van der Waals surface area contributed by atoms with Gasteiger partial charge in [-0.25, -0.2) is 4.79 Å². The Bertz CT molecular complexity index is 1260. The Morgan fingerprint density at radius 3 is 2.33 bits per heavy atom. The lowest BCUT2D eigenvalue weighted by molar-refractivity contribution is -0.111. The second kappa shape index (κ2) is 9.69. The second-order valence-corrected chi connectivity index (χ2v) is 8.40. The van der Waals surface area contributed by atoms with E-state index in [1.54, 1.807) is 0 Å². The average Bonchev–Trinajstić information content (AvgIpc) is 3.31. The highest BCUT2D eigenvalue weighted by molar-refractivity contribution is 6.08. The SMILES string of the molecule is CC(=CC(=O)Nc1cc(C(=O)NC2CCCC2)ccc1C(=O)O)c1ccc2ccccc2c1. The number of hydrogen-bond acceptors (Lipinski definition) is 3. The molecule has 3 aromatic carbocycles. The number of carboxylic acid groups (broad SMARTS) is 1. The summed E-state index contributed by atoms with van der Waals surface area (Å²) in [6, 6.07) is 18.3. The van der Waals surface area contributed by atoms with Gasteiger partial charge < -0.3 is 15.7 Å². The van der Waals surface area contributed by atoms with E-state index in [4.69, 9.17) is 0 Å². The Hall–Kier alpha value is -3.93. The molecular weight excluding hydrogens is 416 g/mol. The average molecular weight is 443 g/mol. The van der Waals surface area contributed by atoms with Gasteiger partial charge in [-0.05, 0) is 65.9 Å². The molecule has 1 aliphatic rings. The van der Waals surface area contributed by atoms with Gasteiger partial charge in [0.2, 0.25) is 5.91 Å². The Morgan fingerprint density at radius 1 is 0.909 bits per heavy atom. The zero-order valence-electron chi connectivity index (χ0n) is 18.4. The highest BCUT2D eigenvalue weighted by Gasteiger charge is 2.20. The van der Waals surface area contributed by atoms with Crippen molar-refractivity contribution in [3.05, 3.63) is 83.4 Å². The van der Waals surface area contributed by atoms with Gasteiger partial charge in [-0.3, -0.25) is 9.59 Å². The molecule has 4 rings (SSSR count). The van der Waals surface area contributed by atoms with Crippen LogP contribution in [-0.4, -0.2) is 28.9 Å². The molecule has 1 aliphatic carbocycles. The van der Waals surface area contributed by atoms with Crippen molar-refractivity contribution < 1.29 is 19.5 Å². The van der Waals surface area contributed by atoms with Crippen LogP contribution in [0.2, 0.25) is 0 Å². The minimum Gasteiger partial charge on any atom is -0.478 e. The molecule has 3 aromatic rings. The van der Waals surface area contributed by atoms with E-state index in [0.717, 1.165) is 47.6 Å². The lowest BCUT2D eigenvalue weighted by Gasteiger charge is -2.14. The normalized spacial score (nSPS) is 14.3. The first-order chi connectivity index (χ1) is 15.9. The minimum absolute atomic E-state index is 0.0717. The monoisotopic (exact) mass is 442 g/mol. The van der Waals surface area contributed by atoms with Crippen LogP contribution in [0, 0.1) is 0 Å². The maximum atomic E-state index is 12.7. The zero-order valence-corrected chi connectivity index (χ0v) is 18.4. The molecular formula is C27H26N2O4. The molecule has 1 fully saturated rings. The van der Waals surface area contributed by atoms with Crippen molar-refractivity contribution in [2.75, 3.05) is 5.32 Å². The minimum atomic E-state index is -1.18. The Balaban J connectivity index is 1.54. The molecule has 0 radical (unpaired) electrons. The Labute approximate surface area is 192 Å². The summed E-state index contributed by atoms with van der Waals surface area (Å²) in [4.78, 5) is 37.0. The first-order valence-corrected chi connectivity index (χ1v) is 11.1. The predicted octanol–water partition coefficient (Wildman–Crippen LogP) is 5.25. The fourth-order valence-corrected chi connectivity index (χ4v) is 4.20. The molecule has 6 nitrogen and oxygen atoms in total. The maximum absolute atomic E-state index is 12.7. The summed E-state index contributed by atoms with van der Waals surface area (Å²) < 4.78 is 0. The summed E-state index contributed by atoms with van der Waals surface area (Å²) in [5.41, 5.74) is 1.97. The summed E-state index contributed by atoms with van der Waals surface area (Å²) >= 11 is 0. The van der Waals surface area contributed by atoms with Crippen LogP contribution in [0.3, 0.4) is 0 Å². The van der Waals surface area contributed by atoms with Gasteiger partial charge in [0.15, 0.2) is 0 Å². The number of fused-ring (bicyclic) bond motifs is 1. The molecule has 2 amide bonds. The molecule has 0 spiro atoms. The first-order valence-electron chi connectivity index (χ1n) is 11.1. The van der Waals surface area contributed by atoms with E-state index in [1.165, 1.54) is 24.3 Å². The molecule has 0 heterocycles. The smallest absolute Gasteiger partial charge is 0.337 e. The number of carboxylic acids is 1. The molecule has 6 heteroatoms. The summed E-state index contributed by atoms with van der Waals surface area (Å²) in [5.74, 6) is -1.91. The molecule has 0 saturated heterocycles. The Kier molecular flexibility index (Phi) is 6.54. The van der Waals surface area contributed by atoms with Crippen LogP contribution in [0.5, 0.6) is 0 Å². The molecule has 168 valence electrons. The molecule has 0 aromatic heterocycles. The summed E-state index contributed by atoms with van der Waals surface area (Å²) in [7, 11) is 0. The fourth-order valence-electron chi connectivity index (χ4n) is 4.20. The largest absolute Gasteiger partial charge is 0.478 e. The van der Waals surface area contributed by atoms with Crippen LogP contribution in [0.15, 0.2) is 66.7 Å². The van der Waals surface area contributed by atoms with E-state index in [1.807, 2.05) is 49.4 Å². The second-order valence-electron chi connectivity index (χ2n) is 8.40. The molecule has 3 N–H and O–H groups in total. The van der Waals surface area contributed by atoms with Crippen molar-refractivity contribution in [1.82, 2.24) is 5.32 Å². The number of allylic oxidation sites excluding steroid dienone is 1. The van der Waals surface area contributed by atoms with Crippen molar-refractivity contribution in [3.63, 3.8) is 0 Å². The van der Waals surface area contributed by atoms with Crippen molar-refractivity contribution in [2.24, 2.45) is 0 Å². The highest BCUT2D eigenvalue weighted by Crippen LogP contribution is 2.23. The van der Waals surface area contributed by atoms with Gasteiger partial charge in [0.25, 0.3) is 5.91 Å². The number of benzene rings is 3. The van der Waals surface area contributed by atoms with E-state index >= 15 is 0 Å². The van der Waals surface area contributed by atoms with Crippen LogP contribution in [0.4, 0.5) is 5.69 Å². The van der Waals surface area contributed by atoms with Crippen LogP contribution < -0.4 is 10.6 Å². The predicted molar refractivity (Wildman–Crippen MR) is 129 cm³/mol. The van der Waals surface area contributed by atoms with E-state index in [2.05, 4.69) is 10.6 Å². The van der Waals surface area contributed by atoms with Gasteiger partial charge in [-0.1, -0.05) is 49.2 Å². The molecule has 0 aliphatic heterocycles. The van der Waals surface area contributed by atoms with Crippen molar-refractivity contribution in [3.8, 4) is 0 Å². The fraction of sp³-hybridized carbons (Fsp3) is 0.222. The van der Waals surface area contributed by atoms with Crippen LogP contribution in [0.25, 0.3) is 16.3 Å². The number of rotatable bonds is 6. The number of aromatic carboxylic acids is 1. The van der Waals surface area contributed by atoms with Gasteiger partial charge in [0.05, 0.1) is 11.3 Å². The summed E-state index contributed by atoms with van der Waals surface area (Å²) in [5, 5.41) is 17.3. The lowest BCUT2D eigenvalue weighted by atomic mass is 10.0. The van der Waals surface area contributed by atoms with Gasteiger partial charge in [-0.15, -0.1) is 0 Å². The quantitative estimate of drug-likeness (QED) is 0.454. The van der Waals surface area contributed by atoms with Crippen molar-refractivity contribution >= 4 is 39.8 Å². The molecule has 0 bridgehead atoms. The molecule has 33 heavy (non-hydrogen) atoms. The van der Waals surface area contributed by atoms with Gasteiger partial charge >= 0.3 is 5.97 Å². The van der Waals surface area contributed by atoms with Crippen LogP contribution in [-0.2, 0) is 4.79 Å². The number of amides is 2. The Morgan fingerprint density at radius 2 is 1.61 bits per heavy atom. The standard InChI is InChI=1S/C27H26N2O4/c1-17(19-11-10-18-6-2-3-7-20(18)15-19)14-25(30)29-24-16-21(12-13-23(24)27(32)33)26(31)28-22-8-4-5-9-22/h2-3,6-7,10-16,22H,4-5,8-9H2,1H3,(H,28,31)(H,29,30)(H,32,33). The third kappa shape index (κ3) is 5.29. The van der Waals surface area contributed by atoms with Gasteiger partial charge in [-0.2, -0.15) is 0 Å². The van der Waals surface area contributed by atoms with E-state index in [0.29, 0.717) is 5.56 Å². The summed E-state index contributed by atoms with van der Waals surface area (Å²) in [6.45, 7) is 1.83. The summed E-state index contributed by atoms with van der Waals surface area (Å²) in [6.07, 6.45) is 5.50. The highest BCUT2D eigenvalue weighted by atomic mass is 16.4. The third-order valence-electron chi connectivity index (χ3n) is 6.01. The van der Waals surface area contributed by atoms with E-state index in [9.17, 15) is 19.5 Å². The number of carbonyl (C=O) groups is 3. The lowest BCUT2D eigenvalue weighted by Crippen LogP contribution is -2.32. The number of nitrogens with one attached hydrogen (secondary N) is 2. The van der Waals surface area contributed by atoms with Crippen LogP contribution >= 0.6 is 0 Å². The number of anilines is 1. The van der Waals surface area contributed by atoms with Crippen molar-refractivity contribution in [2.45, 2.75) is 38.6 Å². The van der Waals surface area contributed by atoms with Crippen molar-refractivity contribution in [1.29, 1.82) is 0 Å². The van der Waals surface area contributed by atoms with E-state index in [-0.39, 0.29) is 23.2 Å². The number of carbonyl (C=O) groups excluding carboxylic acids is 2. The molecule has 1 saturated carbocycles. The van der Waals surface area contributed by atoms with Gasteiger partial charge in [0, 0.05) is 17.7 Å². The topological polar surface area (TPSA) is 95.5 Å².